The van der Waals surface area contributed by atoms with E-state index in [0.717, 1.165) is 12.1 Å². The van der Waals surface area contributed by atoms with Crippen molar-refractivity contribution in [3.63, 3.8) is 0 Å². The smallest absolute Gasteiger partial charge is 0.133 e. The van der Waals surface area contributed by atoms with Crippen molar-refractivity contribution in [2.24, 2.45) is 0 Å². The lowest BCUT2D eigenvalue weighted by molar-refractivity contribution is 0.0778. The number of aliphatic hydroxyl groups is 1. The van der Waals surface area contributed by atoms with Crippen LogP contribution in [0, 0.1) is 11.6 Å². The van der Waals surface area contributed by atoms with Gasteiger partial charge in [0.05, 0.1) is 5.60 Å². The van der Waals surface area contributed by atoms with Gasteiger partial charge in [-0.2, -0.15) is 0 Å². The van der Waals surface area contributed by atoms with Crippen molar-refractivity contribution < 1.29 is 13.9 Å². The number of rotatable bonds is 2. The molecule has 0 fully saturated rings. The van der Waals surface area contributed by atoms with Crippen LogP contribution >= 0.6 is 0 Å². The Morgan fingerprint density at radius 3 is 2.00 bits per heavy atom. The lowest BCUT2D eigenvalue weighted by atomic mass is 9.96. The van der Waals surface area contributed by atoms with Crippen molar-refractivity contribution in [2.45, 2.75) is 26.4 Å². The van der Waals surface area contributed by atoms with Gasteiger partial charge in [0, 0.05) is 5.56 Å². The van der Waals surface area contributed by atoms with Gasteiger partial charge in [-0.3, -0.25) is 0 Å². The molecule has 0 aliphatic carbocycles. The molecule has 0 aliphatic rings. The summed E-state index contributed by atoms with van der Waals surface area (Å²) in [6, 6.07) is 2.30. The summed E-state index contributed by atoms with van der Waals surface area (Å²) in [6.07, 6.45) is 2.92. The van der Waals surface area contributed by atoms with Crippen LogP contribution in [-0.4, -0.2) is 5.11 Å². The largest absolute Gasteiger partial charge is 0.386 e. The monoisotopic (exact) mass is 212 g/mol. The summed E-state index contributed by atoms with van der Waals surface area (Å²) in [5.41, 5.74) is -1.09. The first-order valence-corrected chi connectivity index (χ1v) is 4.71. The predicted molar refractivity (Wildman–Crippen MR) is 56.3 cm³/mol. The highest BCUT2D eigenvalue weighted by molar-refractivity contribution is 5.51. The summed E-state index contributed by atoms with van der Waals surface area (Å²) in [7, 11) is 0. The van der Waals surface area contributed by atoms with Crippen molar-refractivity contribution in [1.29, 1.82) is 0 Å². The number of allylic oxidation sites excluding steroid dienone is 1. The Morgan fingerprint density at radius 1 is 1.20 bits per heavy atom. The van der Waals surface area contributed by atoms with E-state index in [1.54, 1.807) is 13.0 Å². The van der Waals surface area contributed by atoms with Crippen molar-refractivity contribution >= 4 is 6.08 Å². The van der Waals surface area contributed by atoms with E-state index in [0.29, 0.717) is 0 Å². The molecule has 0 aliphatic heterocycles. The van der Waals surface area contributed by atoms with Crippen LogP contribution in [0.2, 0.25) is 0 Å². The zero-order valence-corrected chi connectivity index (χ0v) is 9.01. The molecule has 1 aromatic rings. The van der Waals surface area contributed by atoms with Crippen LogP contribution in [0.25, 0.3) is 6.08 Å². The molecule has 82 valence electrons. The molecular weight excluding hydrogens is 198 g/mol. The van der Waals surface area contributed by atoms with Gasteiger partial charge in [-0.1, -0.05) is 12.2 Å². The van der Waals surface area contributed by atoms with E-state index >= 15 is 0 Å². The molecule has 0 amide bonds. The van der Waals surface area contributed by atoms with Crippen molar-refractivity contribution in [3.05, 3.63) is 41.0 Å². The maximum absolute atomic E-state index is 13.4. The lowest BCUT2D eigenvalue weighted by Crippen LogP contribution is -2.16. The van der Waals surface area contributed by atoms with Crippen LogP contribution in [0.1, 0.15) is 31.9 Å². The highest BCUT2D eigenvalue weighted by Crippen LogP contribution is 2.24. The van der Waals surface area contributed by atoms with E-state index in [4.69, 9.17) is 0 Å². The van der Waals surface area contributed by atoms with Crippen LogP contribution < -0.4 is 0 Å². The Labute approximate surface area is 88.1 Å². The molecule has 1 N–H and O–H groups in total. The Hall–Kier alpha value is -1.22. The molecule has 0 atom stereocenters. The molecule has 0 heterocycles. The van der Waals surface area contributed by atoms with Gasteiger partial charge in [-0.25, -0.2) is 8.78 Å². The van der Waals surface area contributed by atoms with Crippen LogP contribution in [0.15, 0.2) is 18.2 Å². The Morgan fingerprint density at radius 2 is 1.67 bits per heavy atom. The van der Waals surface area contributed by atoms with Crippen molar-refractivity contribution in [2.75, 3.05) is 0 Å². The van der Waals surface area contributed by atoms with E-state index in [1.165, 1.54) is 19.9 Å². The Balaban J connectivity index is 3.32. The normalized spacial score (nSPS) is 12.4. The topological polar surface area (TPSA) is 20.2 Å². The second-order valence-corrected chi connectivity index (χ2v) is 3.91. The molecule has 0 unspecified atom stereocenters. The minimum absolute atomic E-state index is 0.0782. The number of halogens is 2. The predicted octanol–water partition coefficient (Wildman–Crippen LogP) is 3.23. The van der Waals surface area contributed by atoms with Gasteiger partial charge in [-0.05, 0) is 38.5 Å². The average molecular weight is 212 g/mol. The first-order chi connectivity index (χ1) is 6.86. The fraction of sp³-hybridized carbons (Fsp3) is 0.333. The molecule has 0 radical (unpaired) electrons. The highest BCUT2D eigenvalue weighted by atomic mass is 19.1. The van der Waals surface area contributed by atoms with E-state index in [9.17, 15) is 13.9 Å². The second-order valence-electron chi connectivity index (χ2n) is 3.91. The molecule has 3 heteroatoms. The maximum atomic E-state index is 13.4. The minimum Gasteiger partial charge on any atom is -0.386 e. The van der Waals surface area contributed by atoms with Gasteiger partial charge in [-0.15, -0.1) is 0 Å². The summed E-state index contributed by atoms with van der Waals surface area (Å²) in [5.74, 6) is -1.32. The molecule has 1 nitrogen and oxygen atoms in total. The first-order valence-electron chi connectivity index (χ1n) is 4.71. The average Bonchev–Trinajstić information content (AvgIpc) is 2.09. The molecule has 0 saturated heterocycles. The number of hydrogen-bond acceptors (Lipinski definition) is 1. The molecule has 1 aromatic carbocycles. The summed E-state index contributed by atoms with van der Waals surface area (Å²) in [6.45, 7) is 4.65. The SMILES string of the molecule is CC=Cc1c(F)cc(C(C)(C)O)cc1F. The van der Waals surface area contributed by atoms with Gasteiger partial charge in [0.15, 0.2) is 0 Å². The van der Waals surface area contributed by atoms with E-state index in [2.05, 4.69) is 0 Å². The third-order valence-electron chi connectivity index (χ3n) is 2.12. The summed E-state index contributed by atoms with van der Waals surface area (Å²) >= 11 is 0. The van der Waals surface area contributed by atoms with Gasteiger partial charge in [0.1, 0.15) is 11.6 Å². The third kappa shape index (κ3) is 2.63. The van der Waals surface area contributed by atoms with Gasteiger partial charge >= 0.3 is 0 Å². The highest BCUT2D eigenvalue weighted by Gasteiger charge is 2.19. The van der Waals surface area contributed by atoms with Crippen LogP contribution in [0.4, 0.5) is 8.78 Å². The fourth-order valence-corrected chi connectivity index (χ4v) is 1.26. The Kier molecular flexibility index (Phi) is 3.25. The Bertz CT molecular complexity index is 366. The minimum atomic E-state index is -1.24. The third-order valence-corrected chi connectivity index (χ3v) is 2.12. The van der Waals surface area contributed by atoms with Crippen molar-refractivity contribution in [3.8, 4) is 0 Å². The van der Waals surface area contributed by atoms with Gasteiger partial charge in [0.25, 0.3) is 0 Å². The standard InChI is InChI=1S/C12H14F2O/c1-4-5-9-10(13)6-8(7-11(9)14)12(2,3)15/h4-7,15H,1-3H3. The van der Waals surface area contributed by atoms with Crippen LogP contribution in [-0.2, 0) is 5.60 Å². The molecule has 15 heavy (non-hydrogen) atoms. The molecule has 0 saturated carbocycles. The second kappa shape index (κ2) is 4.11. The van der Waals surface area contributed by atoms with Crippen molar-refractivity contribution in [1.82, 2.24) is 0 Å². The maximum Gasteiger partial charge on any atom is 0.133 e. The zero-order valence-electron chi connectivity index (χ0n) is 9.01. The first kappa shape index (κ1) is 11.9. The number of benzene rings is 1. The fourth-order valence-electron chi connectivity index (χ4n) is 1.26. The van der Waals surface area contributed by atoms with E-state index in [1.807, 2.05) is 0 Å². The molecular formula is C12H14F2O. The lowest BCUT2D eigenvalue weighted by Gasteiger charge is -2.18. The quantitative estimate of drug-likeness (QED) is 0.798. The summed E-state index contributed by atoms with van der Waals surface area (Å²) in [4.78, 5) is 0. The molecule has 0 bridgehead atoms. The van der Waals surface area contributed by atoms with Gasteiger partial charge in [0.2, 0.25) is 0 Å². The van der Waals surface area contributed by atoms with E-state index < -0.39 is 17.2 Å². The summed E-state index contributed by atoms with van der Waals surface area (Å²) < 4.78 is 26.9. The van der Waals surface area contributed by atoms with Gasteiger partial charge < -0.3 is 5.11 Å². The number of hydrogen-bond donors (Lipinski definition) is 1. The summed E-state index contributed by atoms with van der Waals surface area (Å²) in [5, 5.41) is 9.61. The molecule has 1 rings (SSSR count). The zero-order chi connectivity index (χ0) is 11.6. The molecule has 0 spiro atoms. The van der Waals surface area contributed by atoms with E-state index in [-0.39, 0.29) is 11.1 Å². The van der Waals surface area contributed by atoms with Crippen LogP contribution in [0.5, 0.6) is 0 Å². The van der Waals surface area contributed by atoms with Crippen LogP contribution in [0.3, 0.4) is 0 Å². The molecule has 0 aromatic heterocycles.